The molecule has 0 spiro atoms. The summed E-state index contributed by atoms with van der Waals surface area (Å²) in [5.74, 6) is 0.439. The number of ether oxygens (including phenoxy) is 3. The lowest BCUT2D eigenvalue weighted by atomic mass is 10.1. The van der Waals surface area contributed by atoms with Crippen LogP contribution in [0.2, 0.25) is 0 Å². The molecule has 1 saturated heterocycles. The van der Waals surface area contributed by atoms with Gasteiger partial charge in [0.15, 0.2) is 11.5 Å². The van der Waals surface area contributed by atoms with Crippen molar-refractivity contribution in [2.45, 2.75) is 6.61 Å². The molecule has 0 atom stereocenters. The fourth-order valence-electron chi connectivity index (χ4n) is 2.87. The summed E-state index contributed by atoms with van der Waals surface area (Å²) in [4.78, 5) is 36.6. The second kappa shape index (κ2) is 10.6. The molecule has 0 aliphatic carbocycles. The van der Waals surface area contributed by atoms with Crippen molar-refractivity contribution >= 4 is 50.6 Å². The molecule has 1 fully saturated rings. The van der Waals surface area contributed by atoms with Crippen molar-refractivity contribution in [3.8, 4) is 11.5 Å². The Kier molecular flexibility index (Phi) is 7.89. The van der Waals surface area contributed by atoms with Gasteiger partial charge in [-0.2, -0.15) is 0 Å². The normalized spacial score (nSPS) is 14.8. The van der Waals surface area contributed by atoms with E-state index in [-0.39, 0.29) is 36.6 Å². The highest BCUT2D eigenvalue weighted by atomic mass is 79.9. The quantitative estimate of drug-likeness (QED) is 0.266. The number of non-ortho nitro benzene ring substituents is 1. The van der Waals surface area contributed by atoms with Gasteiger partial charge in [-0.05, 0) is 41.1 Å². The number of hydrogen-bond acceptors (Lipinski definition) is 8. The number of nitro groups is 1. The number of carbonyl (C=O) groups excluding carboxylic acids is 2. The predicted octanol–water partition coefficient (Wildman–Crippen LogP) is 4.63. The Morgan fingerprint density at radius 1 is 1.19 bits per heavy atom. The lowest BCUT2D eigenvalue weighted by molar-refractivity contribution is -0.384. The number of rotatable bonds is 9. The number of imide groups is 1. The van der Waals surface area contributed by atoms with Crippen LogP contribution in [0, 0.1) is 10.1 Å². The fraction of sp³-hybridized carbons (Fsp3) is 0.238. The van der Waals surface area contributed by atoms with Crippen LogP contribution < -0.4 is 9.47 Å². The lowest BCUT2D eigenvalue weighted by Gasteiger charge is -2.13. The van der Waals surface area contributed by atoms with Crippen LogP contribution in [-0.2, 0) is 16.1 Å². The average molecular weight is 523 g/mol. The maximum absolute atomic E-state index is 12.5. The van der Waals surface area contributed by atoms with Gasteiger partial charge >= 0.3 is 0 Å². The van der Waals surface area contributed by atoms with Crippen molar-refractivity contribution < 1.29 is 28.7 Å². The van der Waals surface area contributed by atoms with E-state index < -0.39 is 4.92 Å². The molecule has 2 aromatic carbocycles. The molecule has 3 rings (SSSR count). The third-order valence-corrected chi connectivity index (χ3v) is 6.07. The molecule has 9 nitrogen and oxygen atoms in total. The van der Waals surface area contributed by atoms with Crippen LogP contribution in [0.5, 0.6) is 11.5 Å². The second-order valence-electron chi connectivity index (χ2n) is 6.57. The SMILES string of the molecule is COCCN1C(=O)S/C(=C/c2cc(OC)c(OCc3cccc([N+](=O)[O-])c3)cc2Br)C1=O. The van der Waals surface area contributed by atoms with Crippen LogP contribution in [0.25, 0.3) is 6.08 Å². The summed E-state index contributed by atoms with van der Waals surface area (Å²) < 4.78 is 16.8. The Bertz CT molecular complexity index is 1090. The molecule has 32 heavy (non-hydrogen) atoms. The van der Waals surface area contributed by atoms with E-state index in [1.165, 1.54) is 26.4 Å². The lowest BCUT2D eigenvalue weighted by Crippen LogP contribution is -2.31. The zero-order valence-corrected chi connectivity index (χ0v) is 19.6. The highest BCUT2D eigenvalue weighted by Gasteiger charge is 2.34. The van der Waals surface area contributed by atoms with Gasteiger partial charge in [0, 0.05) is 23.7 Å². The van der Waals surface area contributed by atoms with Gasteiger partial charge < -0.3 is 14.2 Å². The Labute approximate surface area is 196 Å². The Morgan fingerprint density at radius 2 is 1.97 bits per heavy atom. The first kappa shape index (κ1) is 23.8. The minimum atomic E-state index is -0.466. The number of amides is 2. The molecule has 0 aromatic heterocycles. The monoisotopic (exact) mass is 522 g/mol. The van der Waals surface area contributed by atoms with Gasteiger partial charge in [-0.15, -0.1) is 0 Å². The maximum atomic E-state index is 12.5. The van der Waals surface area contributed by atoms with Gasteiger partial charge in [-0.3, -0.25) is 24.6 Å². The van der Waals surface area contributed by atoms with Gasteiger partial charge in [0.25, 0.3) is 16.8 Å². The minimum Gasteiger partial charge on any atom is -0.493 e. The summed E-state index contributed by atoms with van der Waals surface area (Å²) in [6, 6.07) is 9.52. The number of hydrogen-bond donors (Lipinski definition) is 0. The Balaban J connectivity index is 1.80. The molecule has 1 aliphatic heterocycles. The van der Waals surface area contributed by atoms with Gasteiger partial charge in [0.2, 0.25) is 0 Å². The van der Waals surface area contributed by atoms with Gasteiger partial charge in [-0.1, -0.05) is 28.1 Å². The first-order valence-electron chi connectivity index (χ1n) is 9.32. The number of nitro benzene ring substituents is 1. The number of methoxy groups -OCH3 is 2. The molecule has 168 valence electrons. The standard InChI is InChI=1S/C21H19BrN2O7S/c1-29-7-6-23-20(25)19(32-21(23)26)10-14-9-17(30-2)18(11-16(14)22)31-12-13-4-3-5-15(8-13)24(27)28/h3-5,8-11H,6-7,12H2,1-2H3/b19-10+. The zero-order chi connectivity index (χ0) is 23.3. The number of nitrogens with zero attached hydrogens (tertiary/aromatic N) is 2. The Hall–Kier alpha value is -2.89. The van der Waals surface area contributed by atoms with E-state index in [4.69, 9.17) is 14.2 Å². The highest BCUT2D eigenvalue weighted by molar-refractivity contribution is 9.10. The zero-order valence-electron chi connectivity index (χ0n) is 17.2. The number of benzene rings is 2. The molecule has 1 aliphatic rings. The molecule has 2 aromatic rings. The predicted molar refractivity (Wildman–Crippen MR) is 123 cm³/mol. The summed E-state index contributed by atoms with van der Waals surface area (Å²) in [5, 5.41) is 10.6. The van der Waals surface area contributed by atoms with E-state index in [2.05, 4.69) is 15.9 Å². The van der Waals surface area contributed by atoms with E-state index in [0.29, 0.717) is 32.0 Å². The summed E-state index contributed by atoms with van der Waals surface area (Å²) in [6.45, 7) is 0.551. The van der Waals surface area contributed by atoms with E-state index in [9.17, 15) is 19.7 Å². The fourth-order valence-corrected chi connectivity index (χ4v) is 4.16. The highest BCUT2D eigenvalue weighted by Crippen LogP contribution is 2.38. The van der Waals surface area contributed by atoms with Crippen molar-refractivity contribution in [3.63, 3.8) is 0 Å². The number of carbonyl (C=O) groups is 2. The summed E-state index contributed by atoms with van der Waals surface area (Å²) in [7, 11) is 2.98. The average Bonchev–Trinajstić information content (AvgIpc) is 3.04. The molecule has 0 radical (unpaired) electrons. The van der Waals surface area contributed by atoms with E-state index in [1.54, 1.807) is 30.3 Å². The van der Waals surface area contributed by atoms with Crippen LogP contribution in [0.3, 0.4) is 0 Å². The van der Waals surface area contributed by atoms with Crippen molar-refractivity contribution in [2.24, 2.45) is 0 Å². The largest absolute Gasteiger partial charge is 0.493 e. The molecule has 0 saturated carbocycles. The van der Waals surface area contributed by atoms with Crippen molar-refractivity contribution in [1.29, 1.82) is 0 Å². The van der Waals surface area contributed by atoms with E-state index in [0.717, 1.165) is 16.7 Å². The van der Waals surface area contributed by atoms with Crippen molar-refractivity contribution in [1.82, 2.24) is 4.90 Å². The first-order chi connectivity index (χ1) is 15.3. The second-order valence-corrected chi connectivity index (χ2v) is 8.41. The van der Waals surface area contributed by atoms with Crippen LogP contribution in [-0.4, -0.2) is 48.3 Å². The molecular formula is C21H19BrN2O7S. The van der Waals surface area contributed by atoms with Gasteiger partial charge in [0.05, 0.1) is 30.1 Å². The number of halogens is 1. The molecule has 0 unspecified atom stereocenters. The molecule has 11 heteroatoms. The molecular weight excluding hydrogens is 504 g/mol. The van der Waals surface area contributed by atoms with Gasteiger partial charge in [0.1, 0.15) is 6.61 Å². The number of thioether (sulfide) groups is 1. The van der Waals surface area contributed by atoms with Crippen molar-refractivity contribution in [3.05, 3.63) is 67.0 Å². The van der Waals surface area contributed by atoms with Crippen LogP contribution in [0.15, 0.2) is 45.8 Å². The topological polar surface area (TPSA) is 108 Å². The van der Waals surface area contributed by atoms with Crippen LogP contribution >= 0.6 is 27.7 Å². The van der Waals surface area contributed by atoms with Crippen molar-refractivity contribution in [2.75, 3.05) is 27.4 Å². The molecule has 0 N–H and O–H groups in total. The molecule has 2 amide bonds. The summed E-state index contributed by atoms with van der Waals surface area (Å²) in [6.07, 6.45) is 1.61. The summed E-state index contributed by atoms with van der Waals surface area (Å²) in [5.41, 5.74) is 1.24. The van der Waals surface area contributed by atoms with Gasteiger partial charge in [-0.25, -0.2) is 0 Å². The molecule has 0 bridgehead atoms. The van der Waals surface area contributed by atoms with E-state index >= 15 is 0 Å². The smallest absolute Gasteiger partial charge is 0.293 e. The third-order valence-electron chi connectivity index (χ3n) is 4.48. The summed E-state index contributed by atoms with van der Waals surface area (Å²) >= 11 is 4.32. The van der Waals surface area contributed by atoms with Crippen LogP contribution in [0.1, 0.15) is 11.1 Å². The van der Waals surface area contributed by atoms with Crippen LogP contribution in [0.4, 0.5) is 10.5 Å². The maximum Gasteiger partial charge on any atom is 0.293 e. The first-order valence-corrected chi connectivity index (χ1v) is 10.9. The minimum absolute atomic E-state index is 0.0194. The van der Waals surface area contributed by atoms with E-state index in [1.807, 2.05) is 0 Å². The third kappa shape index (κ3) is 5.47. The molecule has 1 heterocycles. The Morgan fingerprint density at radius 3 is 2.66 bits per heavy atom.